The van der Waals surface area contributed by atoms with Gasteiger partial charge in [-0.1, -0.05) is 5.16 Å². The molecule has 138 valence electrons. The maximum absolute atomic E-state index is 12.6. The third kappa shape index (κ3) is 3.93. The Morgan fingerprint density at radius 2 is 1.96 bits per heavy atom. The number of hydrogen-bond donors (Lipinski definition) is 0. The number of hydrogen-bond acceptors (Lipinski definition) is 6. The number of amides is 1. The van der Waals surface area contributed by atoms with Crippen molar-refractivity contribution in [3.8, 4) is 11.4 Å². The van der Waals surface area contributed by atoms with E-state index < -0.39 is 0 Å². The van der Waals surface area contributed by atoms with E-state index in [2.05, 4.69) is 24.9 Å². The van der Waals surface area contributed by atoms with Crippen LogP contribution in [-0.4, -0.2) is 57.0 Å². The lowest BCUT2D eigenvalue weighted by molar-refractivity contribution is -0.138. The first-order valence-electron chi connectivity index (χ1n) is 9.54. The molecule has 4 heterocycles. The first kappa shape index (κ1) is 17.1. The molecule has 0 unspecified atom stereocenters. The van der Waals surface area contributed by atoms with Gasteiger partial charge < -0.3 is 9.42 Å². The van der Waals surface area contributed by atoms with Gasteiger partial charge in [-0.15, -0.1) is 0 Å². The van der Waals surface area contributed by atoms with Crippen LogP contribution in [0.25, 0.3) is 11.4 Å². The number of piperidine rings is 2. The van der Waals surface area contributed by atoms with Crippen molar-refractivity contribution < 1.29 is 9.32 Å². The number of rotatable bonds is 4. The van der Waals surface area contributed by atoms with Crippen LogP contribution in [-0.2, 0) is 11.3 Å². The highest BCUT2D eigenvalue weighted by Crippen LogP contribution is 2.23. The second kappa shape index (κ2) is 7.95. The van der Waals surface area contributed by atoms with E-state index in [1.54, 1.807) is 12.4 Å². The smallest absolute Gasteiger partial charge is 0.241 e. The molecule has 0 aliphatic carbocycles. The van der Waals surface area contributed by atoms with Crippen molar-refractivity contribution >= 4 is 5.91 Å². The zero-order chi connectivity index (χ0) is 17.8. The van der Waals surface area contributed by atoms with Crippen LogP contribution < -0.4 is 0 Å². The summed E-state index contributed by atoms with van der Waals surface area (Å²) in [5.74, 6) is 1.73. The van der Waals surface area contributed by atoms with Crippen molar-refractivity contribution in [3.63, 3.8) is 0 Å². The second-order valence-electron chi connectivity index (χ2n) is 7.19. The molecule has 0 aromatic carbocycles. The van der Waals surface area contributed by atoms with E-state index >= 15 is 0 Å². The summed E-state index contributed by atoms with van der Waals surface area (Å²) < 4.78 is 5.39. The first-order valence-corrected chi connectivity index (χ1v) is 9.54. The summed E-state index contributed by atoms with van der Waals surface area (Å²) in [6.45, 7) is 4.32. The van der Waals surface area contributed by atoms with Crippen LogP contribution in [0.15, 0.2) is 29.0 Å². The minimum Gasteiger partial charge on any atom is -0.342 e. The molecular formula is C19H25N5O2. The Morgan fingerprint density at radius 3 is 2.69 bits per heavy atom. The molecule has 2 aromatic heterocycles. The van der Waals surface area contributed by atoms with E-state index in [-0.39, 0.29) is 5.92 Å². The first-order chi connectivity index (χ1) is 12.8. The van der Waals surface area contributed by atoms with E-state index in [9.17, 15) is 4.79 Å². The number of pyridine rings is 1. The fraction of sp³-hybridized carbons (Fsp3) is 0.579. The maximum Gasteiger partial charge on any atom is 0.241 e. The molecule has 2 aliphatic heterocycles. The van der Waals surface area contributed by atoms with Gasteiger partial charge >= 0.3 is 0 Å². The molecule has 7 heteroatoms. The average Bonchev–Trinajstić information content (AvgIpc) is 3.18. The third-order valence-electron chi connectivity index (χ3n) is 5.35. The molecular weight excluding hydrogens is 330 g/mol. The minimum absolute atomic E-state index is 0.179. The van der Waals surface area contributed by atoms with Gasteiger partial charge in [-0.25, -0.2) is 0 Å². The van der Waals surface area contributed by atoms with Crippen LogP contribution in [0.3, 0.4) is 0 Å². The third-order valence-corrected chi connectivity index (χ3v) is 5.35. The highest BCUT2D eigenvalue weighted by atomic mass is 16.5. The molecule has 2 aromatic rings. The largest absolute Gasteiger partial charge is 0.342 e. The molecule has 7 nitrogen and oxygen atoms in total. The Labute approximate surface area is 153 Å². The number of nitrogens with zero attached hydrogens (tertiary/aromatic N) is 5. The molecule has 0 N–H and O–H groups in total. The molecule has 4 rings (SSSR count). The lowest BCUT2D eigenvalue weighted by Crippen LogP contribution is -2.44. The van der Waals surface area contributed by atoms with E-state index in [1.165, 1.54) is 6.42 Å². The van der Waals surface area contributed by atoms with Gasteiger partial charge in [0.1, 0.15) is 0 Å². The molecule has 0 spiro atoms. The van der Waals surface area contributed by atoms with Crippen molar-refractivity contribution in [1.82, 2.24) is 24.9 Å². The quantitative estimate of drug-likeness (QED) is 0.838. The van der Waals surface area contributed by atoms with Crippen molar-refractivity contribution in [1.29, 1.82) is 0 Å². The van der Waals surface area contributed by atoms with Gasteiger partial charge in [0.05, 0.1) is 6.54 Å². The lowest BCUT2D eigenvalue weighted by Gasteiger charge is -2.35. The van der Waals surface area contributed by atoms with E-state index in [1.807, 2.05) is 12.1 Å². The van der Waals surface area contributed by atoms with Gasteiger partial charge in [0.2, 0.25) is 17.6 Å². The molecule has 0 atom stereocenters. The Balaban J connectivity index is 1.29. The summed E-state index contributed by atoms with van der Waals surface area (Å²) in [6.07, 6.45) is 8.85. The standard InChI is InChI=1S/C19H25N5O2/c25-19(24-9-2-1-3-10-24)15-6-11-23(12-7-15)14-17-21-18(22-26-17)16-5-4-8-20-13-16/h4-5,8,13,15H,1-3,6-7,9-12,14H2. The molecule has 2 aliphatic rings. The van der Waals surface area contributed by atoms with Crippen LogP contribution >= 0.6 is 0 Å². The zero-order valence-electron chi connectivity index (χ0n) is 15.0. The predicted octanol–water partition coefficient (Wildman–Crippen LogP) is 2.36. The Kier molecular flexibility index (Phi) is 5.24. The van der Waals surface area contributed by atoms with Crippen LogP contribution in [0.2, 0.25) is 0 Å². The summed E-state index contributed by atoms with van der Waals surface area (Å²) in [5, 5.41) is 4.04. The van der Waals surface area contributed by atoms with Crippen molar-refractivity contribution in [2.45, 2.75) is 38.6 Å². The molecule has 26 heavy (non-hydrogen) atoms. The SMILES string of the molecule is O=C(C1CCN(Cc2nc(-c3cccnc3)no2)CC1)N1CCCCC1. The zero-order valence-corrected chi connectivity index (χ0v) is 15.0. The highest BCUT2D eigenvalue weighted by molar-refractivity contribution is 5.79. The molecule has 0 radical (unpaired) electrons. The predicted molar refractivity (Wildman–Crippen MR) is 96.0 cm³/mol. The summed E-state index contributed by atoms with van der Waals surface area (Å²) >= 11 is 0. The number of carbonyl (C=O) groups excluding carboxylic acids is 1. The summed E-state index contributed by atoms with van der Waals surface area (Å²) in [7, 11) is 0. The Hall–Kier alpha value is -2.28. The molecule has 0 bridgehead atoms. The van der Waals surface area contributed by atoms with Gasteiger partial charge in [-0.3, -0.25) is 14.7 Å². The average molecular weight is 355 g/mol. The summed E-state index contributed by atoms with van der Waals surface area (Å²) in [5.41, 5.74) is 0.855. The summed E-state index contributed by atoms with van der Waals surface area (Å²) in [6, 6.07) is 3.77. The second-order valence-corrected chi connectivity index (χ2v) is 7.19. The molecule has 0 saturated carbocycles. The van der Waals surface area contributed by atoms with E-state index in [0.717, 1.165) is 57.4 Å². The van der Waals surface area contributed by atoms with Gasteiger partial charge in [-0.05, 0) is 57.3 Å². The van der Waals surface area contributed by atoms with Gasteiger partial charge in [0.15, 0.2) is 0 Å². The van der Waals surface area contributed by atoms with Gasteiger partial charge in [0.25, 0.3) is 0 Å². The van der Waals surface area contributed by atoms with Crippen molar-refractivity contribution in [2.75, 3.05) is 26.2 Å². The number of carbonyl (C=O) groups is 1. The number of aromatic nitrogens is 3. The minimum atomic E-state index is 0.179. The molecule has 2 fully saturated rings. The normalized spacial score (nSPS) is 19.6. The fourth-order valence-corrected chi connectivity index (χ4v) is 3.83. The topological polar surface area (TPSA) is 75.4 Å². The van der Waals surface area contributed by atoms with Crippen molar-refractivity contribution in [3.05, 3.63) is 30.4 Å². The van der Waals surface area contributed by atoms with Crippen LogP contribution in [0, 0.1) is 5.92 Å². The highest BCUT2D eigenvalue weighted by Gasteiger charge is 2.29. The molecule has 1 amide bonds. The van der Waals surface area contributed by atoms with E-state index in [4.69, 9.17) is 4.52 Å². The van der Waals surface area contributed by atoms with Crippen LogP contribution in [0.5, 0.6) is 0 Å². The fourth-order valence-electron chi connectivity index (χ4n) is 3.83. The van der Waals surface area contributed by atoms with Crippen LogP contribution in [0.1, 0.15) is 38.0 Å². The Morgan fingerprint density at radius 1 is 1.15 bits per heavy atom. The van der Waals surface area contributed by atoms with Crippen molar-refractivity contribution in [2.24, 2.45) is 5.92 Å². The van der Waals surface area contributed by atoms with Gasteiger partial charge in [0, 0.05) is 37.0 Å². The summed E-state index contributed by atoms with van der Waals surface area (Å²) in [4.78, 5) is 25.6. The van der Waals surface area contributed by atoms with Crippen LogP contribution in [0.4, 0.5) is 0 Å². The Bertz CT molecular complexity index is 719. The maximum atomic E-state index is 12.6. The lowest BCUT2D eigenvalue weighted by atomic mass is 9.94. The van der Waals surface area contributed by atoms with E-state index in [0.29, 0.717) is 24.2 Å². The van der Waals surface area contributed by atoms with Gasteiger partial charge in [-0.2, -0.15) is 4.98 Å². The monoisotopic (exact) mass is 355 g/mol. The molecule has 2 saturated heterocycles. The number of likely N-dealkylation sites (tertiary alicyclic amines) is 2.